The second-order valence-electron chi connectivity index (χ2n) is 5.19. The van der Waals surface area contributed by atoms with E-state index in [1.807, 2.05) is 0 Å². The lowest BCUT2D eigenvalue weighted by Crippen LogP contribution is -2.43. The quantitative estimate of drug-likeness (QED) is 0.714. The number of methoxy groups -OCH3 is 1. The summed E-state index contributed by atoms with van der Waals surface area (Å²) in [7, 11) is -2.06. The van der Waals surface area contributed by atoms with Crippen LogP contribution in [0.3, 0.4) is 0 Å². The summed E-state index contributed by atoms with van der Waals surface area (Å²) >= 11 is 0. The Kier molecular flexibility index (Phi) is 4.81. The maximum absolute atomic E-state index is 12.5. The fourth-order valence-corrected chi connectivity index (χ4v) is 4.48. The molecule has 1 atom stereocenters. The zero-order chi connectivity index (χ0) is 13.9. The zero-order valence-corrected chi connectivity index (χ0v) is 12.2. The molecule has 1 unspecified atom stereocenters. The Morgan fingerprint density at radius 3 is 2.26 bits per heavy atom. The molecule has 2 aliphatic rings. The maximum atomic E-state index is 12.5. The van der Waals surface area contributed by atoms with E-state index in [-0.39, 0.29) is 18.4 Å². The van der Waals surface area contributed by atoms with Gasteiger partial charge < -0.3 is 4.74 Å². The minimum atomic E-state index is -3.40. The minimum Gasteiger partial charge on any atom is -0.469 e. The maximum Gasteiger partial charge on any atom is 0.310 e. The standard InChI is InChI=1S/C12H22N2O4S/c1-18-12(15)11-6-9-14(10-11)19(16,17)13-7-4-2-3-5-8-13/h11H,2-10H2,1H3. The molecule has 2 saturated heterocycles. The van der Waals surface area contributed by atoms with Gasteiger partial charge in [-0.25, -0.2) is 0 Å². The van der Waals surface area contributed by atoms with Crippen molar-refractivity contribution in [2.75, 3.05) is 33.3 Å². The van der Waals surface area contributed by atoms with Crippen LogP contribution in [-0.2, 0) is 19.7 Å². The molecule has 0 N–H and O–H groups in total. The topological polar surface area (TPSA) is 66.9 Å². The molecule has 19 heavy (non-hydrogen) atoms. The highest BCUT2D eigenvalue weighted by atomic mass is 32.2. The fourth-order valence-electron chi connectivity index (χ4n) is 2.73. The van der Waals surface area contributed by atoms with Gasteiger partial charge in [-0.15, -0.1) is 0 Å². The molecule has 2 rings (SSSR count). The van der Waals surface area contributed by atoms with Crippen molar-refractivity contribution in [1.29, 1.82) is 0 Å². The summed E-state index contributed by atoms with van der Waals surface area (Å²) < 4.78 is 32.7. The van der Waals surface area contributed by atoms with Crippen LogP contribution in [0.1, 0.15) is 32.1 Å². The normalized spacial score (nSPS) is 27.1. The SMILES string of the molecule is COC(=O)C1CCN(S(=O)(=O)N2CCCCCC2)C1. The third-order valence-corrected chi connectivity index (χ3v) is 5.91. The highest BCUT2D eigenvalue weighted by Crippen LogP contribution is 2.24. The van der Waals surface area contributed by atoms with E-state index in [0.717, 1.165) is 25.7 Å². The monoisotopic (exact) mass is 290 g/mol. The van der Waals surface area contributed by atoms with Gasteiger partial charge in [0.1, 0.15) is 0 Å². The Bertz CT molecular complexity index is 415. The van der Waals surface area contributed by atoms with E-state index in [9.17, 15) is 13.2 Å². The first kappa shape index (κ1) is 14.7. The average Bonchev–Trinajstić information content (AvgIpc) is 2.74. The van der Waals surface area contributed by atoms with Crippen molar-refractivity contribution in [1.82, 2.24) is 8.61 Å². The van der Waals surface area contributed by atoms with Crippen LogP contribution in [0, 0.1) is 5.92 Å². The first-order valence-corrected chi connectivity index (χ1v) is 8.28. The lowest BCUT2D eigenvalue weighted by atomic mass is 10.1. The predicted molar refractivity (Wildman–Crippen MR) is 70.7 cm³/mol. The lowest BCUT2D eigenvalue weighted by molar-refractivity contribution is -0.144. The molecule has 0 aromatic rings. The molecule has 0 amide bonds. The number of rotatable bonds is 3. The van der Waals surface area contributed by atoms with E-state index in [2.05, 4.69) is 4.74 Å². The van der Waals surface area contributed by atoms with E-state index in [0.29, 0.717) is 26.1 Å². The number of ether oxygens (including phenoxy) is 1. The van der Waals surface area contributed by atoms with Crippen LogP contribution in [0.25, 0.3) is 0 Å². The van der Waals surface area contributed by atoms with Crippen LogP contribution in [0.4, 0.5) is 0 Å². The van der Waals surface area contributed by atoms with Gasteiger partial charge in [0.15, 0.2) is 0 Å². The van der Waals surface area contributed by atoms with Crippen LogP contribution in [0.2, 0.25) is 0 Å². The van der Waals surface area contributed by atoms with Gasteiger partial charge in [-0.1, -0.05) is 12.8 Å². The number of hydrogen-bond acceptors (Lipinski definition) is 4. The van der Waals surface area contributed by atoms with Gasteiger partial charge in [-0.3, -0.25) is 4.79 Å². The van der Waals surface area contributed by atoms with Gasteiger partial charge in [-0.2, -0.15) is 17.0 Å². The number of carbonyl (C=O) groups is 1. The molecule has 0 aromatic carbocycles. The van der Waals surface area contributed by atoms with Gasteiger partial charge in [0.25, 0.3) is 10.2 Å². The van der Waals surface area contributed by atoms with Gasteiger partial charge in [-0.05, 0) is 19.3 Å². The zero-order valence-electron chi connectivity index (χ0n) is 11.4. The fraction of sp³-hybridized carbons (Fsp3) is 0.917. The van der Waals surface area contributed by atoms with E-state index < -0.39 is 10.2 Å². The number of esters is 1. The van der Waals surface area contributed by atoms with Crippen molar-refractivity contribution in [3.05, 3.63) is 0 Å². The third kappa shape index (κ3) is 3.27. The first-order valence-electron chi connectivity index (χ1n) is 6.89. The molecular weight excluding hydrogens is 268 g/mol. The van der Waals surface area contributed by atoms with Gasteiger partial charge in [0.05, 0.1) is 13.0 Å². The summed E-state index contributed by atoms with van der Waals surface area (Å²) in [5.41, 5.74) is 0. The van der Waals surface area contributed by atoms with Crippen molar-refractivity contribution >= 4 is 16.2 Å². The van der Waals surface area contributed by atoms with Crippen molar-refractivity contribution in [3.8, 4) is 0 Å². The van der Waals surface area contributed by atoms with Crippen molar-refractivity contribution in [2.45, 2.75) is 32.1 Å². The summed E-state index contributed by atoms with van der Waals surface area (Å²) in [5, 5.41) is 0. The Balaban J connectivity index is 2.02. The number of nitrogens with zero attached hydrogens (tertiary/aromatic N) is 2. The van der Waals surface area contributed by atoms with E-state index >= 15 is 0 Å². The van der Waals surface area contributed by atoms with Crippen LogP contribution >= 0.6 is 0 Å². The summed E-state index contributed by atoms with van der Waals surface area (Å²) in [4.78, 5) is 11.5. The highest BCUT2D eigenvalue weighted by Gasteiger charge is 2.38. The van der Waals surface area contributed by atoms with Crippen LogP contribution in [0.5, 0.6) is 0 Å². The van der Waals surface area contributed by atoms with E-state index in [1.54, 1.807) is 4.31 Å². The molecule has 7 heteroatoms. The molecule has 0 aromatic heterocycles. The molecule has 0 radical (unpaired) electrons. The highest BCUT2D eigenvalue weighted by molar-refractivity contribution is 7.86. The number of carbonyl (C=O) groups excluding carboxylic acids is 1. The van der Waals surface area contributed by atoms with Crippen LogP contribution in [-0.4, -0.2) is 56.3 Å². The second-order valence-corrected chi connectivity index (χ2v) is 7.12. The predicted octanol–water partition coefficient (Wildman–Crippen LogP) is 0.602. The third-order valence-electron chi connectivity index (χ3n) is 3.90. The molecular formula is C12H22N2O4S. The molecule has 0 spiro atoms. The Morgan fingerprint density at radius 2 is 1.68 bits per heavy atom. The van der Waals surface area contributed by atoms with Gasteiger partial charge in [0, 0.05) is 26.2 Å². The second kappa shape index (κ2) is 6.19. The van der Waals surface area contributed by atoms with Crippen LogP contribution in [0.15, 0.2) is 0 Å². The first-order chi connectivity index (χ1) is 9.05. The summed E-state index contributed by atoms with van der Waals surface area (Å²) in [6.45, 7) is 1.87. The Hall–Kier alpha value is -0.660. The summed E-state index contributed by atoms with van der Waals surface area (Å²) in [5.74, 6) is -0.625. The molecule has 0 aliphatic carbocycles. The van der Waals surface area contributed by atoms with Gasteiger partial charge >= 0.3 is 5.97 Å². The molecule has 2 heterocycles. The van der Waals surface area contributed by atoms with Crippen molar-refractivity contribution in [2.24, 2.45) is 5.92 Å². The van der Waals surface area contributed by atoms with Crippen molar-refractivity contribution in [3.63, 3.8) is 0 Å². The average molecular weight is 290 g/mol. The van der Waals surface area contributed by atoms with Gasteiger partial charge in [0.2, 0.25) is 0 Å². The Morgan fingerprint density at radius 1 is 1.05 bits per heavy atom. The van der Waals surface area contributed by atoms with Crippen LogP contribution < -0.4 is 0 Å². The lowest BCUT2D eigenvalue weighted by Gasteiger charge is -2.26. The number of hydrogen-bond donors (Lipinski definition) is 0. The Labute approximate surface area is 114 Å². The molecule has 2 fully saturated rings. The largest absolute Gasteiger partial charge is 0.469 e. The molecule has 0 saturated carbocycles. The minimum absolute atomic E-state index is 0.255. The molecule has 0 bridgehead atoms. The smallest absolute Gasteiger partial charge is 0.310 e. The molecule has 2 aliphatic heterocycles. The summed E-state index contributed by atoms with van der Waals surface area (Å²) in [6, 6.07) is 0. The molecule has 6 nitrogen and oxygen atoms in total. The van der Waals surface area contributed by atoms with Crippen molar-refractivity contribution < 1.29 is 17.9 Å². The van der Waals surface area contributed by atoms with E-state index in [4.69, 9.17) is 0 Å². The van der Waals surface area contributed by atoms with E-state index in [1.165, 1.54) is 11.4 Å². The summed E-state index contributed by atoms with van der Waals surface area (Å²) in [6.07, 6.45) is 4.59. The molecule has 110 valence electrons.